The van der Waals surface area contributed by atoms with Gasteiger partial charge in [0.2, 0.25) is 0 Å². The average molecular weight is 904 g/mol. The normalized spacial score (nSPS) is 13.9. The Morgan fingerprint density at radius 3 is 0.949 bits per heavy atom. The Labute approximate surface area is 396 Å². The molecule has 0 heterocycles. The van der Waals surface area contributed by atoms with E-state index in [2.05, 4.69) is 222 Å². The summed E-state index contributed by atoms with van der Waals surface area (Å²) in [7, 11) is -3.11. The average Bonchev–Trinajstić information content (AvgIpc) is 3.51. The summed E-state index contributed by atoms with van der Waals surface area (Å²) in [5.74, 6) is 0. The van der Waals surface area contributed by atoms with Crippen LogP contribution in [0.1, 0.15) is 170 Å². The quantitative estimate of drug-likeness (QED) is 0.157. The van der Waals surface area contributed by atoms with E-state index in [0.29, 0.717) is 0 Å². The van der Waals surface area contributed by atoms with Crippen molar-refractivity contribution in [2.24, 2.45) is 0 Å². The van der Waals surface area contributed by atoms with Gasteiger partial charge in [0.05, 0.1) is 8.07 Å². The van der Waals surface area contributed by atoms with Crippen LogP contribution in [0, 0.1) is 6.08 Å². The standard InChI is InChI=1S/C54H73Si.3ClH.Ti/c1-49(2,3)39-28-40(50(4,5)6)32-45(31-39)55(48-26-22-25-38(48)27-37-23-20-19-21-24-37,46-33-41(51(7,8)9)29-42(34-46)52(10,11)12)47-35-43(53(13,14)15)30-44(36-47)54(16,17)18;;;;/h19-21,23-24,26,28-36H,22,27H2,1-18H3;3*1H;/q-1;;;;+4/p-3. The maximum atomic E-state index is 4.00. The molecule has 0 radical (unpaired) electrons. The zero-order valence-electron chi connectivity index (χ0n) is 39.7. The molecule has 0 bridgehead atoms. The van der Waals surface area contributed by atoms with Crippen molar-refractivity contribution in [2.45, 2.75) is 170 Å². The zero-order valence-corrected chi connectivity index (χ0v) is 44.5. The summed E-state index contributed by atoms with van der Waals surface area (Å²) in [5, 5.41) is 5.98. The summed E-state index contributed by atoms with van der Waals surface area (Å²) in [4.78, 5) is 0. The summed E-state index contributed by atoms with van der Waals surface area (Å²) in [6.07, 6.45) is 8.31. The SMILES string of the molecule is CC(C)(C)c1cc(C(C)(C)C)cc([Si](C2=CC[C-]=C2Cc2ccccc2)(c2cc(C(C)(C)C)cc(C(C)(C)C)c2)c2cc(C(C)(C)C)cc(C(C)(C)C)c2)c1.[Cl-].[Cl-].[Cl-].[Ti+4]. The summed E-state index contributed by atoms with van der Waals surface area (Å²) < 4.78 is 0. The molecule has 0 amide bonds. The molecule has 5 heteroatoms. The molecule has 0 aliphatic heterocycles. The first-order valence-electron chi connectivity index (χ1n) is 20.9. The van der Waals surface area contributed by atoms with Gasteiger partial charge >= 0.3 is 21.7 Å². The van der Waals surface area contributed by atoms with Crippen molar-refractivity contribution >= 4 is 23.6 Å². The minimum Gasteiger partial charge on any atom is -1.00 e. The van der Waals surface area contributed by atoms with E-state index in [1.54, 1.807) is 0 Å². The van der Waals surface area contributed by atoms with Crippen molar-refractivity contribution in [1.82, 2.24) is 0 Å². The van der Waals surface area contributed by atoms with Crippen molar-refractivity contribution in [3.8, 4) is 0 Å². The number of benzene rings is 4. The molecule has 0 saturated heterocycles. The van der Waals surface area contributed by atoms with Crippen molar-refractivity contribution in [3.63, 3.8) is 0 Å². The molecule has 0 N–H and O–H groups in total. The Morgan fingerprint density at radius 2 is 0.695 bits per heavy atom. The maximum absolute atomic E-state index is 4.00. The number of rotatable bonds is 6. The summed E-state index contributed by atoms with van der Waals surface area (Å²) >= 11 is 0. The predicted molar refractivity (Wildman–Crippen MR) is 246 cm³/mol. The molecule has 0 aromatic heterocycles. The fraction of sp³-hybridized carbons (Fsp3) is 0.481. The Balaban J connectivity index is 0.00000435. The van der Waals surface area contributed by atoms with Crippen molar-refractivity contribution in [1.29, 1.82) is 0 Å². The van der Waals surface area contributed by atoms with Gasteiger partial charge in [-0.25, -0.2) is 5.57 Å². The van der Waals surface area contributed by atoms with Crippen LogP contribution in [-0.4, -0.2) is 8.07 Å². The van der Waals surface area contributed by atoms with Crippen LogP contribution >= 0.6 is 0 Å². The minimum absolute atomic E-state index is 0. The van der Waals surface area contributed by atoms with Gasteiger partial charge in [-0.1, -0.05) is 225 Å². The minimum atomic E-state index is -3.11. The van der Waals surface area contributed by atoms with E-state index in [0.717, 1.165) is 12.8 Å². The van der Waals surface area contributed by atoms with E-state index in [1.165, 1.54) is 65.3 Å². The van der Waals surface area contributed by atoms with Gasteiger partial charge in [0.1, 0.15) is 0 Å². The smallest absolute Gasteiger partial charge is 1.00 e. The largest absolute Gasteiger partial charge is 4.00 e. The molecule has 0 spiro atoms. The molecular weight excluding hydrogens is 831 g/mol. The Morgan fingerprint density at radius 1 is 0.424 bits per heavy atom. The Bertz CT molecular complexity index is 1820. The zero-order chi connectivity index (χ0) is 41.2. The first-order valence-corrected chi connectivity index (χ1v) is 22.9. The molecule has 1 aliphatic carbocycles. The first-order chi connectivity index (χ1) is 25.0. The molecule has 4 aromatic rings. The number of halogens is 3. The van der Waals surface area contributed by atoms with Crippen LogP contribution in [0.4, 0.5) is 0 Å². The van der Waals surface area contributed by atoms with Gasteiger partial charge in [-0.05, 0) is 77.9 Å². The summed E-state index contributed by atoms with van der Waals surface area (Å²) in [6.45, 7) is 43.0. The fourth-order valence-corrected chi connectivity index (χ4v) is 13.1. The van der Waals surface area contributed by atoms with Crippen molar-refractivity contribution in [2.75, 3.05) is 0 Å². The number of hydrogen-bond donors (Lipinski definition) is 0. The second-order valence-corrected chi connectivity index (χ2v) is 26.6. The van der Waals surface area contributed by atoms with Gasteiger partial charge in [0, 0.05) is 0 Å². The van der Waals surface area contributed by atoms with E-state index in [4.69, 9.17) is 0 Å². The van der Waals surface area contributed by atoms with Crippen LogP contribution in [0.3, 0.4) is 0 Å². The molecule has 0 atom stereocenters. The van der Waals surface area contributed by atoms with Crippen LogP contribution in [0.25, 0.3) is 0 Å². The summed E-state index contributed by atoms with van der Waals surface area (Å²) in [5.41, 5.74) is 11.0. The predicted octanol–water partition coefficient (Wildman–Crippen LogP) is 3.79. The molecule has 0 unspecified atom stereocenters. The molecule has 0 saturated carbocycles. The fourth-order valence-electron chi connectivity index (χ4n) is 7.93. The maximum Gasteiger partial charge on any atom is 4.00 e. The van der Waals surface area contributed by atoms with E-state index in [1.807, 2.05) is 0 Å². The number of allylic oxidation sites excluding steroid dienone is 4. The molecule has 4 aromatic carbocycles. The van der Waals surface area contributed by atoms with Gasteiger partial charge in [-0.15, -0.1) is 6.42 Å². The van der Waals surface area contributed by atoms with Gasteiger partial charge in [0.15, 0.2) is 0 Å². The molecule has 5 rings (SSSR count). The Kier molecular flexibility index (Phi) is 18.0. The van der Waals surface area contributed by atoms with E-state index in [9.17, 15) is 0 Å². The second kappa shape index (κ2) is 19.3. The van der Waals surface area contributed by atoms with Gasteiger partial charge in [0.25, 0.3) is 0 Å². The van der Waals surface area contributed by atoms with Crippen LogP contribution in [-0.2, 0) is 60.6 Å². The first kappa shape index (κ1) is 55.2. The number of hydrogen-bond acceptors (Lipinski definition) is 0. The van der Waals surface area contributed by atoms with Crippen molar-refractivity contribution < 1.29 is 58.9 Å². The van der Waals surface area contributed by atoms with Crippen LogP contribution < -0.4 is 52.8 Å². The van der Waals surface area contributed by atoms with E-state index in [-0.39, 0.29) is 91.4 Å². The van der Waals surface area contributed by atoms with E-state index >= 15 is 0 Å². The topological polar surface area (TPSA) is 0 Å². The van der Waals surface area contributed by atoms with Gasteiger partial charge < -0.3 is 37.2 Å². The molecule has 318 valence electrons. The second-order valence-electron chi connectivity index (χ2n) is 22.8. The summed E-state index contributed by atoms with van der Waals surface area (Å²) in [6, 6.07) is 34.5. The third-order valence-corrected chi connectivity index (χ3v) is 16.6. The Hall–Kier alpha value is -1.84. The molecule has 59 heavy (non-hydrogen) atoms. The monoisotopic (exact) mass is 902 g/mol. The van der Waals surface area contributed by atoms with Crippen LogP contribution in [0.2, 0.25) is 0 Å². The van der Waals surface area contributed by atoms with Gasteiger partial charge in [-0.3, -0.25) is 6.08 Å². The molecule has 0 fully saturated rings. The third-order valence-electron chi connectivity index (χ3n) is 11.9. The van der Waals surface area contributed by atoms with Crippen LogP contribution in [0.15, 0.2) is 102 Å². The van der Waals surface area contributed by atoms with Crippen LogP contribution in [0.5, 0.6) is 0 Å². The van der Waals surface area contributed by atoms with Crippen molar-refractivity contribution in [3.05, 3.63) is 147 Å². The molecular formula is C54H73Cl3SiTi. The third kappa shape index (κ3) is 12.2. The molecule has 1 aliphatic rings. The molecule has 0 nitrogen and oxygen atoms in total. The van der Waals surface area contributed by atoms with E-state index < -0.39 is 8.07 Å². The van der Waals surface area contributed by atoms with Gasteiger partial charge in [-0.2, -0.15) is 11.3 Å².